The fourth-order valence-corrected chi connectivity index (χ4v) is 6.03. The maximum absolute atomic E-state index is 5.30. The van der Waals surface area contributed by atoms with Crippen molar-refractivity contribution < 1.29 is 0 Å². The normalized spacial score (nSPS) is 14.0. The minimum atomic E-state index is -0.0685. The Hall–Kier alpha value is -3.45. The summed E-state index contributed by atoms with van der Waals surface area (Å²) >= 11 is 0. The summed E-state index contributed by atoms with van der Waals surface area (Å²) in [6.45, 7) is 11.4. The van der Waals surface area contributed by atoms with Crippen molar-refractivity contribution in [2.75, 3.05) is 0 Å². The third-order valence-corrected chi connectivity index (χ3v) is 7.36. The molecule has 0 spiro atoms. The average Bonchev–Trinajstić information content (AvgIpc) is 3.01. The van der Waals surface area contributed by atoms with Crippen molar-refractivity contribution in [3.8, 4) is 22.4 Å². The number of pyridine rings is 1. The number of nitrogens with zero attached hydrogens (tertiary/aromatic N) is 1. The van der Waals surface area contributed by atoms with E-state index in [1.54, 1.807) is 0 Å². The summed E-state index contributed by atoms with van der Waals surface area (Å²) in [6, 6.07) is 26.6. The molecular weight excluding hydrogens is 386 g/mol. The summed E-state index contributed by atoms with van der Waals surface area (Å²) < 4.78 is 0. The molecular formula is C31H27N. The van der Waals surface area contributed by atoms with E-state index in [1.165, 1.54) is 60.7 Å². The molecule has 1 heterocycles. The maximum atomic E-state index is 5.30. The van der Waals surface area contributed by atoms with E-state index in [4.69, 9.17) is 4.98 Å². The highest BCUT2D eigenvalue weighted by Gasteiger charge is 2.39. The minimum Gasteiger partial charge on any atom is -0.247 e. The Morgan fingerprint density at radius 3 is 2.34 bits per heavy atom. The molecule has 32 heavy (non-hydrogen) atoms. The molecule has 1 aliphatic carbocycles. The van der Waals surface area contributed by atoms with Gasteiger partial charge in [-0.05, 0) is 65.4 Å². The number of benzene rings is 4. The van der Waals surface area contributed by atoms with Crippen LogP contribution < -0.4 is 0 Å². The first-order valence-corrected chi connectivity index (χ1v) is 11.4. The van der Waals surface area contributed by atoms with E-state index in [9.17, 15) is 0 Å². The lowest BCUT2D eigenvalue weighted by atomic mass is 9.80. The first-order valence-electron chi connectivity index (χ1n) is 11.4. The Kier molecular flexibility index (Phi) is 3.93. The lowest BCUT2D eigenvalue weighted by molar-refractivity contribution is 0.666. The van der Waals surface area contributed by atoms with Crippen LogP contribution in [-0.2, 0) is 5.41 Å². The zero-order valence-electron chi connectivity index (χ0n) is 19.4. The Bertz CT molecular complexity index is 1570. The molecule has 0 atom stereocenters. The van der Waals surface area contributed by atoms with Crippen molar-refractivity contribution in [1.82, 2.24) is 4.98 Å². The SMILES string of the molecule is Cc1cc(C)c2c(C)c(-c3nc4ccccc4c4c3-c3ccccc3C4(C)C)ccc2c1. The smallest absolute Gasteiger partial charge is 0.0794 e. The second kappa shape index (κ2) is 6.53. The number of rotatable bonds is 1. The van der Waals surface area contributed by atoms with Crippen LogP contribution in [0, 0.1) is 20.8 Å². The van der Waals surface area contributed by atoms with Crippen LogP contribution >= 0.6 is 0 Å². The molecule has 0 radical (unpaired) electrons. The van der Waals surface area contributed by atoms with Crippen molar-refractivity contribution in [2.24, 2.45) is 0 Å². The first-order chi connectivity index (χ1) is 15.4. The van der Waals surface area contributed by atoms with E-state index in [-0.39, 0.29) is 5.41 Å². The summed E-state index contributed by atoms with van der Waals surface area (Å²) in [4.78, 5) is 5.30. The van der Waals surface area contributed by atoms with Gasteiger partial charge in [-0.3, -0.25) is 0 Å². The van der Waals surface area contributed by atoms with Gasteiger partial charge >= 0.3 is 0 Å². The van der Waals surface area contributed by atoms with Crippen LogP contribution in [0.3, 0.4) is 0 Å². The van der Waals surface area contributed by atoms with Crippen molar-refractivity contribution in [1.29, 1.82) is 0 Å². The van der Waals surface area contributed by atoms with Gasteiger partial charge in [0.2, 0.25) is 0 Å². The van der Waals surface area contributed by atoms with Crippen LogP contribution in [0.1, 0.15) is 41.7 Å². The average molecular weight is 414 g/mol. The van der Waals surface area contributed by atoms with E-state index in [0.29, 0.717) is 0 Å². The van der Waals surface area contributed by atoms with E-state index in [2.05, 4.69) is 107 Å². The largest absolute Gasteiger partial charge is 0.247 e. The summed E-state index contributed by atoms with van der Waals surface area (Å²) in [7, 11) is 0. The number of aromatic nitrogens is 1. The minimum absolute atomic E-state index is 0.0685. The van der Waals surface area contributed by atoms with Gasteiger partial charge in [0.1, 0.15) is 0 Å². The molecule has 0 bridgehead atoms. The molecule has 0 amide bonds. The summed E-state index contributed by atoms with van der Waals surface area (Å²) in [5.74, 6) is 0. The van der Waals surface area contributed by atoms with E-state index < -0.39 is 0 Å². The number of fused-ring (bicyclic) bond motifs is 6. The van der Waals surface area contributed by atoms with Crippen molar-refractivity contribution in [3.63, 3.8) is 0 Å². The van der Waals surface area contributed by atoms with Gasteiger partial charge < -0.3 is 0 Å². The lowest BCUT2D eigenvalue weighted by Crippen LogP contribution is -2.15. The van der Waals surface area contributed by atoms with E-state index in [0.717, 1.165) is 11.2 Å². The highest BCUT2D eigenvalue weighted by Crippen LogP contribution is 2.54. The highest BCUT2D eigenvalue weighted by molar-refractivity contribution is 6.03. The molecule has 0 fully saturated rings. The van der Waals surface area contributed by atoms with Crippen LogP contribution in [-0.4, -0.2) is 4.98 Å². The van der Waals surface area contributed by atoms with Gasteiger partial charge in [0.15, 0.2) is 0 Å². The Labute approximate surface area is 189 Å². The second-order valence-electron chi connectivity index (χ2n) is 9.82. The van der Waals surface area contributed by atoms with Crippen LogP contribution in [0.25, 0.3) is 44.1 Å². The molecule has 0 N–H and O–H groups in total. The predicted molar refractivity (Wildman–Crippen MR) is 136 cm³/mol. The van der Waals surface area contributed by atoms with Gasteiger partial charge in [0.05, 0.1) is 11.2 Å². The third kappa shape index (κ3) is 2.48. The Morgan fingerprint density at radius 1 is 0.750 bits per heavy atom. The van der Waals surface area contributed by atoms with E-state index in [1.807, 2.05) is 0 Å². The summed E-state index contributed by atoms with van der Waals surface area (Å²) in [5.41, 5.74) is 12.7. The molecule has 0 saturated carbocycles. The molecule has 0 aliphatic heterocycles. The molecule has 0 unspecified atom stereocenters. The summed E-state index contributed by atoms with van der Waals surface area (Å²) in [5, 5.41) is 3.92. The van der Waals surface area contributed by atoms with E-state index >= 15 is 0 Å². The number of hydrogen-bond donors (Lipinski definition) is 0. The number of hydrogen-bond acceptors (Lipinski definition) is 1. The second-order valence-corrected chi connectivity index (χ2v) is 9.82. The van der Waals surface area contributed by atoms with Crippen LogP contribution in [0.5, 0.6) is 0 Å². The number of aryl methyl sites for hydroxylation is 3. The van der Waals surface area contributed by atoms with Crippen LogP contribution in [0.4, 0.5) is 0 Å². The quantitative estimate of drug-likeness (QED) is 0.269. The zero-order chi connectivity index (χ0) is 22.2. The van der Waals surface area contributed by atoms with Gasteiger partial charge in [-0.25, -0.2) is 4.98 Å². The molecule has 0 saturated heterocycles. The molecule has 156 valence electrons. The molecule has 1 nitrogen and oxygen atoms in total. The van der Waals surface area contributed by atoms with Crippen molar-refractivity contribution >= 4 is 21.7 Å². The summed E-state index contributed by atoms with van der Waals surface area (Å²) in [6.07, 6.45) is 0. The molecule has 6 rings (SSSR count). The molecule has 4 aromatic carbocycles. The number of para-hydroxylation sites is 1. The maximum Gasteiger partial charge on any atom is 0.0794 e. The monoisotopic (exact) mass is 413 g/mol. The van der Waals surface area contributed by atoms with Crippen molar-refractivity contribution in [2.45, 2.75) is 40.0 Å². The zero-order valence-corrected chi connectivity index (χ0v) is 19.4. The van der Waals surface area contributed by atoms with Gasteiger partial charge in [0, 0.05) is 21.9 Å². The third-order valence-electron chi connectivity index (χ3n) is 7.36. The highest BCUT2D eigenvalue weighted by atomic mass is 14.7. The van der Waals surface area contributed by atoms with Gasteiger partial charge in [-0.15, -0.1) is 0 Å². The van der Waals surface area contributed by atoms with Crippen molar-refractivity contribution in [3.05, 3.63) is 101 Å². The standard InChI is InChI=1S/C31H27N/c1-18-16-19(2)27-20(3)22(15-14-21(27)17-18)30-28-23-10-6-8-12-25(23)31(4,5)29(28)24-11-7-9-13-26(24)32-30/h6-17H,1-5H3. The molecule has 1 aromatic heterocycles. The predicted octanol–water partition coefficient (Wildman–Crippen LogP) is 8.29. The Balaban J connectivity index is 1.79. The molecule has 1 aliphatic rings. The van der Waals surface area contributed by atoms with Gasteiger partial charge in [0.25, 0.3) is 0 Å². The molecule has 5 aromatic rings. The Morgan fingerprint density at radius 2 is 1.50 bits per heavy atom. The van der Waals surface area contributed by atoms with Crippen LogP contribution in [0.15, 0.2) is 72.8 Å². The van der Waals surface area contributed by atoms with Gasteiger partial charge in [-0.1, -0.05) is 86.1 Å². The fourth-order valence-electron chi connectivity index (χ4n) is 6.03. The molecule has 1 heteroatoms. The lowest BCUT2D eigenvalue weighted by Gasteiger charge is -2.24. The van der Waals surface area contributed by atoms with Crippen LogP contribution in [0.2, 0.25) is 0 Å². The topological polar surface area (TPSA) is 12.9 Å². The first kappa shape index (κ1) is 19.3. The fraction of sp³-hybridized carbons (Fsp3) is 0.194. The van der Waals surface area contributed by atoms with Gasteiger partial charge in [-0.2, -0.15) is 0 Å².